The summed E-state index contributed by atoms with van der Waals surface area (Å²) >= 11 is 12.9. The smallest absolute Gasteiger partial charge is 0.416 e. The number of thiazole rings is 1. The van der Waals surface area contributed by atoms with E-state index in [-0.39, 0.29) is 44.1 Å². The van der Waals surface area contributed by atoms with Crippen molar-refractivity contribution >= 4 is 56.7 Å². The Labute approximate surface area is 222 Å². The van der Waals surface area contributed by atoms with Crippen LogP contribution < -0.4 is 10.2 Å². The van der Waals surface area contributed by atoms with Crippen molar-refractivity contribution in [2.24, 2.45) is 5.92 Å². The van der Waals surface area contributed by atoms with Gasteiger partial charge in [0.25, 0.3) is 5.91 Å². The number of likely N-dealkylation sites (tertiary alicyclic amines) is 1. The highest BCUT2D eigenvalue weighted by Crippen LogP contribution is 2.44. The lowest BCUT2D eigenvalue weighted by Gasteiger charge is -2.23. The predicted octanol–water partition coefficient (Wildman–Crippen LogP) is 5.97. The monoisotopic (exact) mass is 571 g/mol. The number of carbonyl (C=O) groups excluding carboxylic acids is 1. The molecule has 2 saturated heterocycles. The van der Waals surface area contributed by atoms with E-state index >= 15 is 0 Å². The van der Waals surface area contributed by atoms with Crippen LogP contribution >= 0.6 is 34.5 Å². The second kappa shape index (κ2) is 9.66. The molecule has 194 valence electrons. The molecule has 0 bridgehead atoms. The van der Waals surface area contributed by atoms with Gasteiger partial charge in [-0.2, -0.15) is 13.2 Å². The topological polar surface area (TPSA) is 98.7 Å². The van der Waals surface area contributed by atoms with Gasteiger partial charge in [0.05, 0.1) is 22.2 Å². The Morgan fingerprint density at radius 2 is 1.97 bits per heavy atom. The van der Waals surface area contributed by atoms with Crippen LogP contribution in [0.2, 0.25) is 10.2 Å². The molecule has 2 atom stereocenters. The average Bonchev–Trinajstić information content (AvgIpc) is 3.54. The first-order valence-corrected chi connectivity index (χ1v) is 12.6. The summed E-state index contributed by atoms with van der Waals surface area (Å²) in [6, 6.07) is 5.91. The third-order valence-electron chi connectivity index (χ3n) is 6.43. The number of amides is 2. The number of hydrogen-bond acceptors (Lipinski definition) is 6. The second-order valence-corrected chi connectivity index (χ2v) is 10.4. The van der Waals surface area contributed by atoms with Crippen LogP contribution in [-0.4, -0.2) is 57.7 Å². The second-order valence-electron chi connectivity index (χ2n) is 8.70. The Kier molecular flexibility index (Phi) is 6.67. The summed E-state index contributed by atoms with van der Waals surface area (Å²) in [5.41, 5.74) is -0.211. The number of nitrogens with one attached hydrogen (secondary N) is 1. The molecule has 2 N–H and O–H groups in total. The third kappa shape index (κ3) is 5.05. The maximum absolute atomic E-state index is 13.4. The third-order valence-corrected chi connectivity index (χ3v) is 8.15. The van der Waals surface area contributed by atoms with Crippen LogP contribution in [0.4, 0.5) is 28.1 Å². The van der Waals surface area contributed by atoms with Gasteiger partial charge in [-0.1, -0.05) is 46.7 Å². The number of rotatable bonds is 4. The molecule has 0 spiro atoms. The summed E-state index contributed by atoms with van der Waals surface area (Å²) in [4.78, 5) is 36.1. The molecule has 2 unspecified atom stereocenters. The molecule has 2 fully saturated rings. The van der Waals surface area contributed by atoms with Gasteiger partial charge < -0.3 is 14.9 Å². The fourth-order valence-corrected chi connectivity index (χ4v) is 5.96. The molecule has 37 heavy (non-hydrogen) atoms. The Bertz CT molecular complexity index is 1390. The van der Waals surface area contributed by atoms with Crippen LogP contribution in [0.3, 0.4) is 0 Å². The van der Waals surface area contributed by atoms with Crippen LogP contribution in [0.1, 0.15) is 22.3 Å². The summed E-state index contributed by atoms with van der Waals surface area (Å²) in [6.07, 6.45) is -3.61. The van der Waals surface area contributed by atoms with E-state index in [1.165, 1.54) is 29.3 Å². The molecule has 0 aliphatic carbocycles. The zero-order valence-corrected chi connectivity index (χ0v) is 21.1. The Balaban J connectivity index is 1.50. The molecule has 0 saturated carbocycles. The molecule has 3 aromatic rings. The van der Waals surface area contributed by atoms with E-state index in [0.29, 0.717) is 31.1 Å². The van der Waals surface area contributed by atoms with Gasteiger partial charge in [0.15, 0.2) is 5.13 Å². The maximum atomic E-state index is 13.4. The lowest BCUT2D eigenvalue weighted by atomic mass is 10.1. The zero-order chi connectivity index (χ0) is 26.5. The highest BCUT2D eigenvalue weighted by atomic mass is 35.5. The fourth-order valence-electron chi connectivity index (χ4n) is 4.69. The molecule has 14 heteroatoms. The standard InChI is InChI=1S/C23H18Cl2F3N5O3S/c24-15-7-13(8-29-18(15)25)19(34)31-21-30-17(11-2-1-3-14(6-11)23(26,27)28)20(37-21)32-9-12-4-5-33(22(35)36)16(12)10-32/h1-3,6-8,12,16H,4-5,9-10H2,(H,35,36)(H,30,31,34). The van der Waals surface area contributed by atoms with E-state index in [0.717, 1.165) is 23.5 Å². The van der Waals surface area contributed by atoms with Crippen molar-refractivity contribution in [2.45, 2.75) is 18.6 Å². The number of pyridine rings is 1. The van der Waals surface area contributed by atoms with E-state index in [2.05, 4.69) is 15.3 Å². The van der Waals surface area contributed by atoms with Crippen molar-refractivity contribution in [3.63, 3.8) is 0 Å². The summed E-state index contributed by atoms with van der Waals surface area (Å²) in [5.74, 6) is -0.481. The molecule has 5 rings (SSSR count). The lowest BCUT2D eigenvalue weighted by molar-refractivity contribution is -0.137. The Morgan fingerprint density at radius 3 is 2.68 bits per heavy atom. The van der Waals surface area contributed by atoms with Gasteiger partial charge in [0.2, 0.25) is 0 Å². The highest BCUT2D eigenvalue weighted by Gasteiger charge is 2.44. The molecular formula is C23H18Cl2F3N5O3S. The van der Waals surface area contributed by atoms with E-state index in [1.54, 1.807) is 0 Å². The van der Waals surface area contributed by atoms with Crippen LogP contribution in [-0.2, 0) is 6.18 Å². The van der Waals surface area contributed by atoms with E-state index < -0.39 is 23.7 Å². The number of benzene rings is 1. The number of hydrogen-bond donors (Lipinski definition) is 2. The largest absolute Gasteiger partial charge is 0.465 e. The van der Waals surface area contributed by atoms with Crippen molar-refractivity contribution in [2.75, 3.05) is 29.9 Å². The maximum Gasteiger partial charge on any atom is 0.416 e. The highest BCUT2D eigenvalue weighted by molar-refractivity contribution is 7.20. The Hall–Kier alpha value is -3.09. The van der Waals surface area contributed by atoms with Crippen LogP contribution in [0.5, 0.6) is 0 Å². The normalized spacial score (nSPS) is 19.3. The number of fused-ring (bicyclic) bond motifs is 1. The van der Waals surface area contributed by atoms with Gasteiger partial charge in [0, 0.05) is 37.3 Å². The minimum absolute atomic E-state index is 0.0385. The molecule has 0 radical (unpaired) electrons. The minimum Gasteiger partial charge on any atom is -0.465 e. The summed E-state index contributed by atoms with van der Waals surface area (Å²) in [6.45, 7) is 1.34. The van der Waals surface area contributed by atoms with Crippen LogP contribution in [0.25, 0.3) is 11.3 Å². The quantitative estimate of drug-likeness (QED) is 0.374. The van der Waals surface area contributed by atoms with Crippen molar-refractivity contribution in [3.05, 3.63) is 57.8 Å². The summed E-state index contributed by atoms with van der Waals surface area (Å²) < 4.78 is 40.2. The summed E-state index contributed by atoms with van der Waals surface area (Å²) in [5, 5.41) is 13.0. The first-order chi connectivity index (χ1) is 17.5. The first-order valence-electron chi connectivity index (χ1n) is 11.1. The molecule has 8 nitrogen and oxygen atoms in total. The van der Waals surface area contributed by atoms with Gasteiger partial charge in [0.1, 0.15) is 15.8 Å². The number of aromatic nitrogens is 2. The van der Waals surface area contributed by atoms with Crippen molar-refractivity contribution in [1.29, 1.82) is 0 Å². The SMILES string of the molecule is O=C(Nc1nc(-c2cccc(C(F)(F)F)c2)c(N2CC3CCN(C(=O)O)C3C2)s1)c1cnc(Cl)c(Cl)c1. The lowest BCUT2D eigenvalue weighted by Crippen LogP contribution is -2.38. The van der Waals surface area contributed by atoms with Crippen LogP contribution in [0, 0.1) is 5.92 Å². The van der Waals surface area contributed by atoms with Gasteiger partial charge in [-0.25, -0.2) is 14.8 Å². The van der Waals surface area contributed by atoms with E-state index in [1.807, 2.05) is 4.90 Å². The van der Waals surface area contributed by atoms with Crippen molar-refractivity contribution in [3.8, 4) is 11.3 Å². The van der Waals surface area contributed by atoms with E-state index in [4.69, 9.17) is 23.2 Å². The molecule has 2 aromatic heterocycles. The molecule has 2 amide bonds. The fraction of sp³-hybridized carbons (Fsp3) is 0.304. The number of carboxylic acid groups (broad SMARTS) is 1. The van der Waals surface area contributed by atoms with Crippen LogP contribution in [0.15, 0.2) is 36.5 Å². The van der Waals surface area contributed by atoms with Gasteiger partial charge in [-0.05, 0) is 24.6 Å². The van der Waals surface area contributed by atoms with E-state index in [9.17, 15) is 27.9 Å². The number of alkyl halides is 3. The molecule has 1 aromatic carbocycles. The molecular weight excluding hydrogens is 554 g/mol. The zero-order valence-electron chi connectivity index (χ0n) is 18.8. The predicted molar refractivity (Wildman–Crippen MR) is 134 cm³/mol. The first kappa shape index (κ1) is 25.6. The van der Waals surface area contributed by atoms with Crippen molar-refractivity contribution in [1.82, 2.24) is 14.9 Å². The number of nitrogens with zero attached hydrogens (tertiary/aromatic N) is 4. The molecule has 2 aliphatic heterocycles. The molecule has 2 aliphatic rings. The van der Waals surface area contributed by atoms with Gasteiger partial charge in [-0.3, -0.25) is 10.1 Å². The summed E-state index contributed by atoms with van der Waals surface area (Å²) in [7, 11) is 0. The van der Waals surface area contributed by atoms with Gasteiger partial charge in [-0.15, -0.1) is 0 Å². The number of halogens is 5. The average molecular weight is 572 g/mol. The number of carbonyl (C=O) groups is 2. The number of anilines is 2. The molecule has 4 heterocycles. The Morgan fingerprint density at radius 1 is 1.19 bits per heavy atom. The van der Waals surface area contributed by atoms with Gasteiger partial charge >= 0.3 is 12.3 Å². The minimum atomic E-state index is -4.54. The van der Waals surface area contributed by atoms with Crippen molar-refractivity contribution < 1.29 is 27.9 Å².